The Kier molecular flexibility index (Phi) is 3.17. The minimum absolute atomic E-state index is 0.0502. The molecule has 0 aromatic carbocycles. The fourth-order valence-corrected chi connectivity index (χ4v) is 2.49. The maximum Gasteiger partial charge on any atom is 0.410 e. The number of methoxy groups -OCH3 is 1. The van der Waals surface area contributed by atoms with Crippen molar-refractivity contribution >= 4 is 12.0 Å². The van der Waals surface area contributed by atoms with Crippen molar-refractivity contribution in [2.75, 3.05) is 33.4 Å². The Morgan fingerprint density at radius 1 is 1.50 bits per heavy atom. The van der Waals surface area contributed by atoms with Crippen LogP contribution in [0.15, 0.2) is 18.3 Å². The van der Waals surface area contributed by atoms with E-state index in [1.54, 1.807) is 35.2 Å². The largest absolute Gasteiger partial charge is 0.497 e. The SMILES string of the molecule is COc1ccnc(C(=O)N2CCN3C(=O)OC[C@@H]3C2)c1. The first-order chi connectivity index (χ1) is 9.69. The van der Waals surface area contributed by atoms with Crippen LogP contribution >= 0.6 is 0 Å². The molecule has 7 nitrogen and oxygen atoms in total. The molecule has 0 N–H and O–H groups in total. The summed E-state index contributed by atoms with van der Waals surface area (Å²) in [6, 6.07) is 3.26. The van der Waals surface area contributed by atoms with Crippen LogP contribution in [-0.4, -0.2) is 66.2 Å². The van der Waals surface area contributed by atoms with Gasteiger partial charge in [-0.1, -0.05) is 0 Å². The smallest absolute Gasteiger partial charge is 0.410 e. The summed E-state index contributed by atoms with van der Waals surface area (Å²) in [4.78, 5) is 31.3. The topological polar surface area (TPSA) is 72.0 Å². The number of piperazine rings is 1. The summed E-state index contributed by atoms with van der Waals surface area (Å²) >= 11 is 0. The summed E-state index contributed by atoms with van der Waals surface area (Å²) in [5.41, 5.74) is 0.350. The van der Waals surface area contributed by atoms with Gasteiger partial charge in [-0.3, -0.25) is 14.7 Å². The number of amides is 2. The lowest BCUT2D eigenvalue weighted by Crippen LogP contribution is -2.53. The first kappa shape index (κ1) is 12.7. The standard InChI is InChI=1S/C13H15N3O4/c1-19-10-2-3-14-11(6-10)12(17)15-4-5-16-9(7-15)8-20-13(16)18/h2-3,6,9H,4-5,7-8H2,1H3/t9-/m0/s1. The summed E-state index contributed by atoms with van der Waals surface area (Å²) in [5, 5.41) is 0. The molecule has 0 spiro atoms. The molecule has 20 heavy (non-hydrogen) atoms. The zero-order valence-electron chi connectivity index (χ0n) is 11.1. The van der Waals surface area contributed by atoms with Gasteiger partial charge in [0.2, 0.25) is 0 Å². The van der Waals surface area contributed by atoms with Gasteiger partial charge in [0.15, 0.2) is 0 Å². The highest BCUT2D eigenvalue weighted by Crippen LogP contribution is 2.19. The molecule has 2 aliphatic rings. The molecule has 0 bridgehead atoms. The van der Waals surface area contributed by atoms with E-state index in [0.29, 0.717) is 37.7 Å². The summed E-state index contributed by atoms with van der Waals surface area (Å²) < 4.78 is 10.1. The Morgan fingerprint density at radius 3 is 3.15 bits per heavy atom. The minimum atomic E-state index is -0.290. The van der Waals surface area contributed by atoms with Crippen LogP contribution in [0.4, 0.5) is 4.79 Å². The predicted octanol–water partition coefficient (Wildman–Crippen LogP) is 0.367. The van der Waals surface area contributed by atoms with Gasteiger partial charge in [0.1, 0.15) is 18.1 Å². The lowest BCUT2D eigenvalue weighted by Gasteiger charge is -2.35. The molecule has 3 rings (SSSR count). The average Bonchev–Trinajstić information content (AvgIpc) is 2.87. The van der Waals surface area contributed by atoms with Gasteiger partial charge in [-0.15, -0.1) is 0 Å². The van der Waals surface area contributed by atoms with Gasteiger partial charge in [0, 0.05) is 31.9 Å². The van der Waals surface area contributed by atoms with E-state index in [4.69, 9.17) is 9.47 Å². The van der Waals surface area contributed by atoms with Gasteiger partial charge in [0.25, 0.3) is 5.91 Å². The molecule has 2 saturated heterocycles. The van der Waals surface area contributed by atoms with Gasteiger partial charge in [-0.25, -0.2) is 4.79 Å². The van der Waals surface area contributed by atoms with Gasteiger partial charge >= 0.3 is 6.09 Å². The van der Waals surface area contributed by atoms with Crippen LogP contribution in [0.2, 0.25) is 0 Å². The molecule has 0 unspecified atom stereocenters. The second-order valence-corrected chi connectivity index (χ2v) is 4.76. The van der Waals surface area contributed by atoms with Crippen LogP contribution < -0.4 is 4.74 Å². The predicted molar refractivity (Wildman–Crippen MR) is 68.5 cm³/mol. The highest BCUT2D eigenvalue weighted by Gasteiger charge is 2.39. The molecule has 1 aromatic rings. The van der Waals surface area contributed by atoms with Crippen LogP contribution in [0.3, 0.4) is 0 Å². The number of fused-ring (bicyclic) bond motifs is 1. The summed E-state index contributed by atoms with van der Waals surface area (Å²) in [7, 11) is 1.55. The molecule has 106 valence electrons. The van der Waals surface area contributed by atoms with Crippen molar-refractivity contribution in [3.8, 4) is 5.75 Å². The third kappa shape index (κ3) is 2.15. The Labute approximate surface area is 116 Å². The zero-order chi connectivity index (χ0) is 14.1. The van der Waals surface area contributed by atoms with Crippen LogP contribution in [0.25, 0.3) is 0 Å². The van der Waals surface area contributed by atoms with Gasteiger partial charge < -0.3 is 14.4 Å². The number of hydrogen-bond donors (Lipinski definition) is 0. The first-order valence-corrected chi connectivity index (χ1v) is 6.42. The molecule has 2 fully saturated rings. The number of rotatable bonds is 2. The summed E-state index contributed by atoms with van der Waals surface area (Å²) in [6.07, 6.45) is 1.26. The van der Waals surface area contributed by atoms with Crippen LogP contribution in [0.1, 0.15) is 10.5 Å². The zero-order valence-corrected chi connectivity index (χ0v) is 11.1. The molecule has 1 aromatic heterocycles. The monoisotopic (exact) mass is 277 g/mol. The quantitative estimate of drug-likeness (QED) is 0.781. The lowest BCUT2D eigenvalue weighted by molar-refractivity contribution is 0.0611. The maximum absolute atomic E-state index is 12.4. The second-order valence-electron chi connectivity index (χ2n) is 4.76. The van der Waals surface area contributed by atoms with Crippen molar-refractivity contribution in [1.29, 1.82) is 0 Å². The number of pyridine rings is 1. The number of aromatic nitrogens is 1. The van der Waals surface area contributed by atoms with E-state index in [9.17, 15) is 9.59 Å². The van der Waals surface area contributed by atoms with E-state index >= 15 is 0 Å². The number of nitrogens with zero attached hydrogens (tertiary/aromatic N) is 3. The third-order valence-electron chi connectivity index (χ3n) is 3.59. The molecular formula is C13H15N3O4. The molecular weight excluding hydrogens is 262 g/mol. The molecule has 0 saturated carbocycles. The number of hydrogen-bond acceptors (Lipinski definition) is 5. The third-order valence-corrected chi connectivity index (χ3v) is 3.59. The van der Waals surface area contributed by atoms with E-state index in [2.05, 4.69) is 4.98 Å². The number of ether oxygens (including phenoxy) is 2. The highest BCUT2D eigenvalue weighted by atomic mass is 16.6. The molecule has 2 amide bonds. The van der Waals surface area contributed by atoms with Crippen molar-refractivity contribution in [2.24, 2.45) is 0 Å². The highest BCUT2D eigenvalue weighted by molar-refractivity contribution is 5.93. The second kappa shape index (κ2) is 4.99. The summed E-state index contributed by atoms with van der Waals surface area (Å²) in [6.45, 7) is 1.81. The van der Waals surface area contributed by atoms with Crippen molar-refractivity contribution in [3.63, 3.8) is 0 Å². The van der Waals surface area contributed by atoms with Crippen LogP contribution in [0, 0.1) is 0 Å². The molecule has 0 aliphatic carbocycles. The van der Waals surface area contributed by atoms with Crippen molar-refractivity contribution in [2.45, 2.75) is 6.04 Å². The molecule has 3 heterocycles. The molecule has 1 atom stereocenters. The maximum atomic E-state index is 12.4. The van der Waals surface area contributed by atoms with Gasteiger partial charge in [0.05, 0.1) is 13.2 Å². The fourth-order valence-electron chi connectivity index (χ4n) is 2.49. The Hall–Kier alpha value is -2.31. The van der Waals surface area contributed by atoms with Crippen molar-refractivity contribution in [3.05, 3.63) is 24.0 Å². The van der Waals surface area contributed by atoms with E-state index < -0.39 is 0 Å². The number of carbonyl (C=O) groups excluding carboxylic acids is 2. The molecule has 2 aliphatic heterocycles. The average molecular weight is 277 g/mol. The number of carbonyl (C=O) groups is 2. The van der Waals surface area contributed by atoms with Gasteiger partial charge in [-0.05, 0) is 6.07 Å². The fraction of sp³-hybridized carbons (Fsp3) is 0.462. The van der Waals surface area contributed by atoms with Gasteiger partial charge in [-0.2, -0.15) is 0 Å². The number of cyclic esters (lactones) is 1. The Morgan fingerprint density at radius 2 is 2.35 bits per heavy atom. The lowest BCUT2D eigenvalue weighted by atomic mass is 10.2. The van der Waals surface area contributed by atoms with Crippen LogP contribution in [-0.2, 0) is 4.74 Å². The first-order valence-electron chi connectivity index (χ1n) is 6.42. The van der Waals surface area contributed by atoms with E-state index in [1.807, 2.05) is 0 Å². The van der Waals surface area contributed by atoms with Crippen LogP contribution in [0.5, 0.6) is 5.75 Å². The Bertz CT molecular complexity index is 548. The van der Waals surface area contributed by atoms with Crippen molar-refractivity contribution < 1.29 is 19.1 Å². The minimum Gasteiger partial charge on any atom is -0.497 e. The van der Waals surface area contributed by atoms with E-state index in [-0.39, 0.29) is 18.0 Å². The van der Waals surface area contributed by atoms with Crippen molar-refractivity contribution in [1.82, 2.24) is 14.8 Å². The normalized spacial score (nSPS) is 21.4. The Balaban J connectivity index is 1.73. The summed E-state index contributed by atoms with van der Waals surface area (Å²) in [5.74, 6) is 0.448. The molecule has 7 heteroatoms. The van der Waals surface area contributed by atoms with E-state index in [1.165, 1.54) is 0 Å². The van der Waals surface area contributed by atoms with E-state index in [0.717, 1.165) is 0 Å². The molecule has 0 radical (unpaired) electrons.